The highest BCUT2D eigenvalue weighted by Crippen LogP contribution is 2.16. The van der Waals surface area contributed by atoms with Crippen LogP contribution >= 0.6 is 0 Å². The molecule has 4 nitrogen and oxygen atoms in total. The topological polar surface area (TPSA) is 39.1 Å². The van der Waals surface area contributed by atoms with Gasteiger partial charge in [0, 0.05) is 19.7 Å². The van der Waals surface area contributed by atoms with Crippen LogP contribution in [0.25, 0.3) is 11.0 Å². The van der Waals surface area contributed by atoms with E-state index in [9.17, 15) is 0 Å². The van der Waals surface area contributed by atoms with Gasteiger partial charge < -0.3 is 14.6 Å². The molecule has 0 unspecified atom stereocenters. The average Bonchev–Trinajstić information content (AvgIpc) is 2.85. The van der Waals surface area contributed by atoms with Crippen LogP contribution in [0.1, 0.15) is 38.9 Å². The molecular formula is C17H27N3O. The van der Waals surface area contributed by atoms with Crippen LogP contribution in [0.2, 0.25) is 0 Å². The second-order valence-electron chi connectivity index (χ2n) is 5.31. The lowest BCUT2D eigenvalue weighted by Gasteiger charge is -2.09. The van der Waals surface area contributed by atoms with Gasteiger partial charge in [0.2, 0.25) is 0 Å². The van der Waals surface area contributed by atoms with E-state index in [4.69, 9.17) is 9.72 Å². The molecule has 2 rings (SSSR count). The third-order valence-electron chi connectivity index (χ3n) is 3.53. The van der Waals surface area contributed by atoms with Gasteiger partial charge in [0.1, 0.15) is 5.82 Å². The van der Waals surface area contributed by atoms with Crippen molar-refractivity contribution < 1.29 is 4.74 Å². The standard InChI is InChI=1S/C17H27N3O/c1-3-5-12-21-13-10-18-14-17-19-15-8-6-7-9-16(15)20(17)11-4-2/h6-9,18H,3-5,10-14H2,1-2H3. The number of hydrogen-bond donors (Lipinski definition) is 1. The van der Waals surface area contributed by atoms with Crippen molar-refractivity contribution in [2.45, 2.75) is 46.2 Å². The van der Waals surface area contributed by atoms with E-state index in [1.165, 1.54) is 11.9 Å². The van der Waals surface area contributed by atoms with Crippen LogP contribution in [0, 0.1) is 0 Å². The number of para-hydroxylation sites is 2. The minimum absolute atomic E-state index is 0.772. The van der Waals surface area contributed by atoms with Crippen molar-refractivity contribution in [2.75, 3.05) is 19.8 Å². The predicted molar refractivity (Wildman–Crippen MR) is 87.5 cm³/mol. The van der Waals surface area contributed by atoms with Gasteiger partial charge in [0.05, 0.1) is 24.2 Å². The van der Waals surface area contributed by atoms with Crippen molar-refractivity contribution in [2.24, 2.45) is 0 Å². The molecule has 0 aliphatic rings. The first-order chi connectivity index (χ1) is 10.4. The molecule has 0 atom stereocenters. The summed E-state index contributed by atoms with van der Waals surface area (Å²) in [5, 5.41) is 3.43. The average molecular weight is 289 g/mol. The fourth-order valence-electron chi connectivity index (χ4n) is 2.43. The maximum Gasteiger partial charge on any atom is 0.123 e. The summed E-state index contributed by atoms with van der Waals surface area (Å²) < 4.78 is 7.88. The number of hydrogen-bond acceptors (Lipinski definition) is 3. The van der Waals surface area contributed by atoms with Gasteiger partial charge in [-0.25, -0.2) is 4.98 Å². The zero-order valence-corrected chi connectivity index (χ0v) is 13.3. The second kappa shape index (κ2) is 8.80. The van der Waals surface area contributed by atoms with Gasteiger partial charge in [-0.05, 0) is 25.0 Å². The zero-order chi connectivity index (χ0) is 14.9. The molecule has 1 heterocycles. The van der Waals surface area contributed by atoms with Gasteiger partial charge in [0.25, 0.3) is 0 Å². The summed E-state index contributed by atoms with van der Waals surface area (Å²) in [4.78, 5) is 4.74. The molecule has 0 aliphatic heterocycles. The number of imidazole rings is 1. The molecule has 116 valence electrons. The number of nitrogens with one attached hydrogen (secondary N) is 1. The monoisotopic (exact) mass is 289 g/mol. The van der Waals surface area contributed by atoms with Crippen molar-refractivity contribution in [1.29, 1.82) is 0 Å². The lowest BCUT2D eigenvalue weighted by Crippen LogP contribution is -2.21. The summed E-state index contributed by atoms with van der Waals surface area (Å²) in [5.74, 6) is 1.12. The number of aromatic nitrogens is 2. The van der Waals surface area contributed by atoms with E-state index in [-0.39, 0.29) is 0 Å². The van der Waals surface area contributed by atoms with E-state index in [0.29, 0.717) is 0 Å². The Morgan fingerprint density at radius 1 is 1.14 bits per heavy atom. The van der Waals surface area contributed by atoms with E-state index in [0.717, 1.165) is 57.0 Å². The van der Waals surface area contributed by atoms with E-state index in [2.05, 4.69) is 41.9 Å². The molecule has 0 spiro atoms. The Hall–Kier alpha value is -1.39. The van der Waals surface area contributed by atoms with Crippen LogP contribution < -0.4 is 5.32 Å². The zero-order valence-electron chi connectivity index (χ0n) is 13.3. The highest BCUT2D eigenvalue weighted by atomic mass is 16.5. The minimum atomic E-state index is 0.772. The van der Waals surface area contributed by atoms with Crippen LogP contribution in [-0.2, 0) is 17.8 Å². The van der Waals surface area contributed by atoms with Crippen molar-refractivity contribution >= 4 is 11.0 Å². The van der Waals surface area contributed by atoms with Gasteiger partial charge in [0.15, 0.2) is 0 Å². The van der Waals surface area contributed by atoms with E-state index < -0.39 is 0 Å². The number of nitrogens with zero attached hydrogens (tertiary/aromatic N) is 2. The normalized spacial score (nSPS) is 11.3. The maximum atomic E-state index is 5.56. The summed E-state index contributed by atoms with van der Waals surface area (Å²) >= 11 is 0. The number of benzene rings is 1. The van der Waals surface area contributed by atoms with Gasteiger partial charge in [-0.2, -0.15) is 0 Å². The highest BCUT2D eigenvalue weighted by Gasteiger charge is 2.08. The van der Waals surface area contributed by atoms with Crippen LogP contribution in [0.15, 0.2) is 24.3 Å². The van der Waals surface area contributed by atoms with Gasteiger partial charge in [-0.1, -0.05) is 32.4 Å². The van der Waals surface area contributed by atoms with Crippen molar-refractivity contribution in [3.8, 4) is 0 Å². The van der Waals surface area contributed by atoms with Crippen molar-refractivity contribution in [3.05, 3.63) is 30.1 Å². The number of aryl methyl sites for hydroxylation is 1. The molecule has 4 heteroatoms. The first-order valence-corrected chi connectivity index (χ1v) is 8.09. The SMILES string of the molecule is CCCCOCCNCc1nc2ccccc2n1CCC. The molecule has 0 amide bonds. The fraction of sp³-hybridized carbons (Fsp3) is 0.588. The number of unbranched alkanes of at least 4 members (excludes halogenated alkanes) is 1. The Kier molecular flexibility index (Phi) is 6.70. The first-order valence-electron chi connectivity index (χ1n) is 8.09. The smallest absolute Gasteiger partial charge is 0.123 e. The summed E-state index contributed by atoms with van der Waals surface area (Å²) in [6.45, 7) is 8.71. The fourth-order valence-corrected chi connectivity index (χ4v) is 2.43. The summed E-state index contributed by atoms with van der Waals surface area (Å²) in [5.41, 5.74) is 2.32. The molecule has 0 bridgehead atoms. The van der Waals surface area contributed by atoms with Gasteiger partial charge in [-0.3, -0.25) is 0 Å². The third-order valence-corrected chi connectivity index (χ3v) is 3.53. The summed E-state index contributed by atoms with van der Waals surface area (Å²) in [7, 11) is 0. The lowest BCUT2D eigenvalue weighted by molar-refractivity contribution is 0.132. The molecule has 0 saturated heterocycles. The molecule has 1 aromatic heterocycles. The molecule has 0 fully saturated rings. The second-order valence-corrected chi connectivity index (χ2v) is 5.31. The Morgan fingerprint density at radius 2 is 2.00 bits per heavy atom. The van der Waals surface area contributed by atoms with E-state index in [1.807, 2.05) is 6.07 Å². The minimum Gasteiger partial charge on any atom is -0.380 e. The first kappa shape index (κ1) is 16.0. The predicted octanol–water partition coefficient (Wildman–Crippen LogP) is 3.35. The molecule has 1 aromatic carbocycles. The Bertz CT molecular complexity index is 536. The largest absolute Gasteiger partial charge is 0.380 e. The Labute approximate surface area is 127 Å². The maximum absolute atomic E-state index is 5.56. The molecule has 21 heavy (non-hydrogen) atoms. The van der Waals surface area contributed by atoms with Crippen molar-refractivity contribution in [3.63, 3.8) is 0 Å². The molecule has 0 aliphatic carbocycles. The van der Waals surface area contributed by atoms with Gasteiger partial charge in [-0.15, -0.1) is 0 Å². The molecule has 0 saturated carbocycles. The number of ether oxygens (including phenoxy) is 1. The molecular weight excluding hydrogens is 262 g/mol. The Morgan fingerprint density at radius 3 is 2.81 bits per heavy atom. The number of rotatable bonds is 10. The van der Waals surface area contributed by atoms with Crippen molar-refractivity contribution in [1.82, 2.24) is 14.9 Å². The van der Waals surface area contributed by atoms with Crippen LogP contribution in [0.5, 0.6) is 0 Å². The van der Waals surface area contributed by atoms with E-state index >= 15 is 0 Å². The Balaban J connectivity index is 1.87. The van der Waals surface area contributed by atoms with E-state index in [1.54, 1.807) is 0 Å². The summed E-state index contributed by atoms with van der Waals surface area (Å²) in [6.07, 6.45) is 3.45. The lowest BCUT2D eigenvalue weighted by atomic mass is 10.3. The quantitative estimate of drug-likeness (QED) is 0.682. The van der Waals surface area contributed by atoms with Gasteiger partial charge >= 0.3 is 0 Å². The van der Waals surface area contributed by atoms with Crippen LogP contribution in [-0.4, -0.2) is 29.3 Å². The van der Waals surface area contributed by atoms with Crippen LogP contribution in [0.4, 0.5) is 0 Å². The number of fused-ring (bicyclic) bond motifs is 1. The molecule has 1 N–H and O–H groups in total. The molecule has 2 aromatic rings. The highest BCUT2D eigenvalue weighted by molar-refractivity contribution is 5.75. The molecule has 0 radical (unpaired) electrons. The third kappa shape index (κ3) is 4.55. The van der Waals surface area contributed by atoms with Crippen LogP contribution in [0.3, 0.4) is 0 Å². The summed E-state index contributed by atoms with van der Waals surface area (Å²) in [6, 6.07) is 8.35.